The Labute approximate surface area is 276 Å². The van der Waals surface area contributed by atoms with E-state index in [-0.39, 0.29) is 30.5 Å². The van der Waals surface area contributed by atoms with E-state index in [0.29, 0.717) is 28.6 Å². The summed E-state index contributed by atoms with van der Waals surface area (Å²) < 4.78 is 31.3. The number of sulfonamides is 1. The number of nitrogens with one attached hydrogen (secondary N) is 1. The second kappa shape index (κ2) is 12.4. The van der Waals surface area contributed by atoms with Crippen LogP contribution in [0, 0.1) is 0 Å². The van der Waals surface area contributed by atoms with Crippen molar-refractivity contribution in [1.82, 2.24) is 29.1 Å². The van der Waals surface area contributed by atoms with E-state index in [1.54, 1.807) is 31.5 Å². The molecule has 0 aliphatic carbocycles. The molecule has 2 aromatic heterocycles. The van der Waals surface area contributed by atoms with E-state index in [0.717, 1.165) is 21.0 Å². The standard InChI is InChI=1S/C31H31Cl2N7O5S/c1-19(41)14-36-28(42)26-4-3-9-38(26)46(44,45)27-17-37-30-39(25-11-23(32)10-24(33)12-25)29(43)31(2,40(27)30)13-20-5-7-21(8-6-20)22-15-34-18-35-16-22/h5-8,10-12,15-19,26,41H,3-4,9,13-14H2,1-2H3,(H,36,42). The van der Waals surface area contributed by atoms with Crippen LogP contribution in [0.3, 0.4) is 0 Å². The van der Waals surface area contributed by atoms with Crippen molar-refractivity contribution in [2.45, 2.75) is 55.8 Å². The maximum absolute atomic E-state index is 14.4. The summed E-state index contributed by atoms with van der Waals surface area (Å²) in [6, 6.07) is 11.2. The zero-order valence-corrected chi connectivity index (χ0v) is 27.3. The zero-order chi connectivity index (χ0) is 32.8. The van der Waals surface area contributed by atoms with Gasteiger partial charge >= 0.3 is 0 Å². The largest absolute Gasteiger partial charge is 0.392 e. The second-order valence-corrected chi connectivity index (χ2v) is 14.4. The number of anilines is 2. The number of nitrogens with zero attached hydrogens (tertiary/aromatic N) is 6. The molecule has 2 aliphatic rings. The van der Waals surface area contributed by atoms with Crippen LogP contribution in [-0.4, -0.2) is 74.4 Å². The Balaban J connectivity index is 1.43. The summed E-state index contributed by atoms with van der Waals surface area (Å²) >= 11 is 12.6. The highest BCUT2D eigenvalue weighted by atomic mass is 35.5. The molecule has 12 nitrogen and oxygen atoms in total. The minimum Gasteiger partial charge on any atom is -0.392 e. The summed E-state index contributed by atoms with van der Waals surface area (Å²) in [5.41, 5.74) is 1.34. The fourth-order valence-corrected chi connectivity index (χ4v) is 8.41. The van der Waals surface area contributed by atoms with Gasteiger partial charge in [0.1, 0.15) is 17.9 Å². The van der Waals surface area contributed by atoms with Gasteiger partial charge in [-0.25, -0.2) is 28.3 Å². The Morgan fingerprint density at radius 3 is 2.41 bits per heavy atom. The summed E-state index contributed by atoms with van der Waals surface area (Å²) in [6.07, 6.45) is 6.17. The highest BCUT2D eigenvalue weighted by Gasteiger charge is 2.53. The number of fused-ring (bicyclic) bond motifs is 1. The molecule has 3 unspecified atom stereocenters. The van der Waals surface area contributed by atoms with Crippen molar-refractivity contribution in [3.8, 4) is 11.1 Å². The summed E-state index contributed by atoms with van der Waals surface area (Å²) in [6.45, 7) is 3.30. The van der Waals surface area contributed by atoms with Gasteiger partial charge in [0.15, 0.2) is 5.03 Å². The molecule has 15 heteroatoms. The number of halogens is 2. The maximum atomic E-state index is 14.4. The van der Waals surface area contributed by atoms with E-state index in [4.69, 9.17) is 23.2 Å². The first-order valence-corrected chi connectivity index (χ1v) is 16.8. The summed E-state index contributed by atoms with van der Waals surface area (Å²) in [4.78, 5) is 41.4. The molecule has 4 heterocycles. The number of imidazole rings is 1. The molecule has 2 aliphatic heterocycles. The molecule has 1 saturated heterocycles. The van der Waals surface area contributed by atoms with Gasteiger partial charge in [0, 0.05) is 47.5 Å². The quantitative estimate of drug-likeness (QED) is 0.269. The number of aliphatic hydroxyl groups is 1. The SMILES string of the molecule is CC(O)CNC(=O)C1CCCN1S(=O)(=O)c1cnc2n1C(C)(Cc1ccc(-c3cncnc3)cc1)C(=O)N2c1cc(Cl)cc(Cl)c1. The maximum Gasteiger partial charge on any atom is 0.261 e. The van der Waals surface area contributed by atoms with Crippen LogP contribution < -0.4 is 10.2 Å². The lowest BCUT2D eigenvalue weighted by atomic mass is 9.91. The molecule has 1 fully saturated rings. The van der Waals surface area contributed by atoms with Gasteiger partial charge in [0.25, 0.3) is 15.9 Å². The molecule has 2 N–H and O–H groups in total. The Kier molecular flexibility index (Phi) is 8.63. The third kappa shape index (κ3) is 5.77. The highest BCUT2D eigenvalue weighted by Crippen LogP contribution is 2.45. The van der Waals surface area contributed by atoms with Crippen molar-refractivity contribution in [2.75, 3.05) is 18.0 Å². The lowest BCUT2D eigenvalue weighted by Gasteiger charge is -2.29. The predicted octanol–water partition coefficient (Wildman–Crippen LogP) is 3.93. The lowest BCUT2D eigenvalue weighted by molar-refractivity contribution is -0.125. The van der Waals surface area contributed by atoms with Crippen LogP contribution in [0.15, 0.2) is 72.4 Å². The van der Waals surface area contributed by atoms with Gasteiger partial charge in [0.2, 0.25) is 11.9 Å². The predicted molar refractivity (Wildman–Crippen MR) is 172 cm³/mol. The van der Waals surface area contributed by atoms with E-state index in [1.165, 1.54) is 35.0 Å². The molecule has 0 saturated carbocycles. The van der Waals surface area contributed by atoms with Crippen molar-refractivity contribution >= 4 is 56.7 Å². The van der Waals surface area contributed by atoms with Crippen LogP contribution in [0.2, 0.25) is 10.0 Å². The van der Waals surface area contributed by atoms with Crippen molar-refractivity contribution < 1.29 is 23.1 Å². The Bertz CT molecular complexity index is 1880. The average Bonchev–Trinajstić information content (AvgIpc) is 3.74. The van der Waals surface area contributed by atoms with Crippen molar-refractivity contribution in [2.24, 2.45) is 0 Å². The number of hydrogen-bond donors (Lipinski definition) is 2. The van der Waals surface area contributed by atoms with Crippen molar-refractivity contribution in [3.63, 3.8) is 0 Å². The van der Waals surface area contributed by atoms with Crippen LogP contribution >= 0.6 is 23.2 Å². The minimum absolute atomic E-state index is 0.00881. The third-order valence-corrected chi connectivity index (χ3v) is 10.5. The number of amides is 2. The Morgan fingerprint density at radius 1 is 1.09 bits per heavy atom. The zero-order valence-electron chi connectivity index (χ0n) is 25.0. The van der Waals surface area contributed by atoms with Crippen molar-refractivity contribution in [3.05, 3.63) is 83.0 Å². The number of rotatable bonds is 9. The number of carbonyl (C=O) groups excluding carboxylic acids is 2. The van der Waals surface area contributed by atoms with E-state index in [2.05, 4.69) is 20.3 Å². The monoisotopic (exact) mass is 683 g/mol. The highest BCUT2D eigenvalue weighted by molar-refractivity contribution is 7.89. The number of aliphatic hydroxyl groups excluding tert-OH is 1. The minimum atomic E-state index is -4.34. The molecular weight excluding hydrogens is 653 g/mol. The molecule has 0 spiro atoms. The first-order valence-electron chi connectivity index (χ1n) is 14.6. The van der Waals surface area contributed by atoms with E-state index < -0.39 is 39.5 Å². The number of hydrogen-bond acceptors (Lipinski definition) is 8. The molecule has 0 radical (unpaired) electrons. The fourth-order valence-electron chi connectivity index (χ4n) is 6.05. The first kappa shape index (κ1) is 32.1. The van der Waals surface area contributed by atoms with E-state index in [9.17, 15) is 23.1 Å². The first-order chi connectivity index (χ1) is 21.9. The molecule has 0 bridgehead atoms. The summed E-state index contributed by atoms with van der Waals surface area (Å²) in [7, 11) is -4.34. The third-order valence-electron chi connectivity index (χ3n) is 8.22. The van der Waals surface area contributed by atoms with Gasteiger partial charge in [-0.15, -0.1) is 0 Å². The van der Waals surface area contributed by atoms with Gasteiger partial charge in [-0.05, 0) is 56.0 Å². The molecular formula is C31H31Cl2N7O5S. The molecule has 46 heavy (non-hydrogen) atoms. The fraction of sp³-hybridized carbons (Fsp3) is 0.323. The van der Waals surface area contributed by atoms with E-state index in [1.807, 2.05) is 24.3 Å². The molecule has 240 valence electrons. The van der Waals surface area contributed by atoms with Crippen LogP contribution in [-0.2, 0) is 31.6 Å². The average molecular weight is 685 g/mol. The normalized spacial score (nSPS) is 20.6. The number of aromatic nitrogens is 4. The molecule has 6 rings (SSSR count). The number of carbonyl (C=O) groups is 2. The second-order valence-electron chi connectivity index (χ2n) is 11.6. The van der Waals surface area contributed by atoms with Crippen LogP contribution in [0.5, 0.6) is 0 Å². The van der Waals surface area contributed by atoms with Gasteiger partial charge < -0.3 is 10.4 Å². The van der Waals surface area contributed by atoms with Crippen molar-refractivity contribution in [1.29, 1.82) is 0 Å². The summed E-state index contributed by atoms with van der Waals surface area (Å²) in [5, 5.41) is 12.6. The van der Waals surface area contributed by atoms with Gasteiger partial charge in [-0.3, -0.25) is 14.2 Å². The van der Waals surface area contributed by atoms with Crippen LogP contribution in [0.1, 0.15) is 32.3 Å². The molecule has 2 aromatic carbocycles. The van der Waals surface area contributed by atoms with Gasteiger partial charge in [-0.1, -0.05) is 47.5 Å². The lowest BCUT2D eigenvalue weighted by Crippen LogP contribution is -2.48. The van der Waals surface area contributed by atoms with Crippen LogP contribution in [0.25, 0.3) is 11.1 Å². The van der Waals surface area contributed by atoms with E-state index >= 15 is 0 Å². The Hall–Kier alpha value is -3.88. The summed E-state index contributed by atoms with van der Waals surface area (Å²) in [5.74, 6) is -0.851. The molecule has 2 amide bonds. The number of benzene rings is 2. The van der Waals surface area contributed by atoms with Gasteiger partial charge in [0.05, 0.1) is 18.0 Å². The van der Waals surface area contributed by atoms with Gasteiger partial charge in [-0.2, -0.15) is 4.31 Å². The Morgan fingerprint density at radius 2 is 1.76 bits per heavy atom. The molecule has 4 aromatic rings. The smallest absolute Gasteiger partial charge is 0.261 e. The van der Waals surface area contributed by atoms with Crippen LogP contribution in [0.4, 0.5) is 11.6 Å². The molecule has 3 atom stereocenters. The topological polar surface area (TPSA) is 151 Å².